The number of hydrogen-bond acceptors (Lipinski definition) is 4. The number of pyridine rings is 1. The van der Waals surface area contributed by atoms with Crippen LogP contribution in [0.2, 0.25) is 0 Å². The van der Waals surface area contributed by atoms with Gasteiger partial charge in [0.25, 0.3) is 0 Å². The second-order valence-corrected chi connectivity index (χ2v) is 7.66. The highest BCUT2D eigenvalue weighted by molar-refractivity contribution is 5.78. The van der Waals surface area contributed by atoms with Crippen LogP contribution in [0.15, 0.2) is 48.7 Å². The fraction of sp³-hybridized carbons (Fsp3) is 0.435. The molecule has 3 rings (SSSR count). The van der Waals surface area contributed by atoms with Gasteiger partial charge in [-0.3, -0.25) is 9.78 Å². The lowest BCUT2D eigenvalue weighted by molar-refractivity contribution is -0.192. The summed E-state index contributed by atoms with van der Waals surface area (Å²) in [4.78, 5) is 27.8. The monoisotopic (exact) mass is 452 g/mol. The summed E-state index contributed by atoms with van der Waals surface area (Å²) in [6.45, 7) is 3.62. The molecular formula is C23H27F3N2O4. The first kappa shape index (κ1) is 25.3. The topological polar surface area (TPSA) is 79.7 Å². The zero-order valence-corrected chi connectivity index (χ0v) is 18.0. The van der Waals surface area contributed by atoms with E-state index in [2.05, 4.69) is 36.2 Å². The number of benzene rings is 1. The maximum absolute atomic E-state index is 12.7. The number of aliphatic carboxylic acids is 1. The Kier molecular flexibility index (Phi) is 9.19. The van der Waals surface area contributed by atoms with Crippen LogP contribution in [-0.2, 0) is 27.2 Å². The molecule has 1 aliphatic heterocycles. The number of alkyl halides is 3. The van der Waals surface area contributed by atoms with E-state index in [1.54, 1.807) is 13.3 Å². The first-order chi connectivity index (χ1) is 15.1. The Morgan fingerprint density at radius 2 is 1.94 bits per heavy atom. The smallest absolute Gasteiger partial charge is 0.475 e. The van der Waals surface area contributed by atoms with E-state index in [0.717, 1.165) is 31.6 Å². The van der Waals surface area contributed by atoms with Crippen molar-refractivity contribution in [2.45, 2.75) is 38.5 Å². The van der Waals surface area contributed by atoms with Crippen LogP contribution >= 0.6 is 0 Å². The number of hydrogen-bond donors (Lipinski definition) is 1. The minimum atomic E-state index is -5.08. The molecule has 1 aromatic heterocycles. The van der Waals surface area contributed by atoms with E-state index in [1.807, 2.05) is 23.1 Å². The van der Waals surface area contributed by atoms with E-state index in [4.69, 9.17) is 14.6 Å². The van der Waals surface area contributed by atoms with E-state index in [9.17, 15) is 18.0 Å². The molecule has 0 bridgehead atoms. The average molecular weight is 452 g/mol. The molecule has 2 atom stereocenters. The Morgan fingerprint density at radius 3 is 2.50 bits per heavy atom. The van der Waals surface area contributed by atoms with Gasteiger partial charge in [-0.1, -0.05) is 35.9 Å². The molecule has 1 aromatic carbocycles. The second kappa shape index (κ2) is 11.6. The van der Waals surface area contributed by atoms with E-state index in [-0.39, 0.29) is 12.0 Å². The number of carbonyl (C=O) groups excluding carboxylic acids is 1. The third-order valence-corrected chi connectivity index (χ3v) is 5.20. The Bertz CT molecular complexity index is 890. The summed E-state index contributed by atoms with van der Waals surface area (Å²) in [5.74, 6) is -2.27. The van der Waals surface area contributed by atoms with Crippen molar-refractivity contribution in [3.05, 3.63) is 65.5 Å². The van der Waals surface area contributed by atoms with Crippen molar-refractivity contribution < 1.29 is 32.6 Å². The van der Waals surface area contributed by atoms with Crippen LogP contribution in [0.1, 0.15) is 23.2 Å². The standard InChI is InChI=1S/C21H26N2O2.C2HF3O2/c1-16-6-5-7-17(12-16)13-18-15-23(11-9-20(18)25-2)21(24)14-19-8-3-4-10-22-19;3-2(4,5)1(6)7/h3-8,10,12,18,20H,9,11,13-15H2,1-2H3;(H,6,7)/t18-,20+;/m0./s1. The zero-order valence-electron chi connectivity index (χ0n) is 18.0. The van der Waals surface area contributed by atoms with Gasteiger partial charge in [0.2, 0.25) is 5.91 Å². The highest BCUT2D eigenvalue weighted by Gasteiger charge is 2.38. The molecule has 0 saturated carbocycles. The largest absolute Gasteiger partial charge is 0.490 e. The fourth-order valence-corrected chi connectivity index (χ4v) is 3.65. The molecule has 0 aliphatic carbocycles. The average Bonchev–Trinajstić information content (AvgIpc) is 2.74. The predicted molar refractivity (Wildman–Crippen MR) is 112 cm³/mol. The van der Waals surface area contributed by atoms with Crippen LogP contribution in [-0.4, -0.2) is 59.3 Å². The highest BCUT2D eigenvalue weighted by Crippen LogP contribution is 2.24. The van der Waals surface area contributed by atoms with Gasteiger partial charge in [-0.05, 0) is 37.5 Å². The van der Waals surface area contributed by atoms with Gasteiger partial charge >= 0.3 is 12.1 Å². The number of piperidine rings is 1. The first-order valence-corrected chi connectivity index (χ1v) is 10.2. The lowest BCUT2D eigenvalue weighted by Crippen LogP contribution is -2.47. The van der Waals surface area contributed by atoms with Crippen molar-refractivity contribution in [2.75, 3.05) is 20.2 Å². The molecule has 0 radical (unpaired) electrons. The van der Waals surface area contributed by atoms with Crippen LogP contribution in [0.4, 0.5) is 13.2 Å². The third-order valence-electron chi connectivity index (χ3n) is 5.20. The normalized spacial score (nSPS) is 18.5. The number of likely N-dealkylation sites (tertiary alicyclic amines) is 1. The summed E-state index contributed by atoms with van der Waals surface area (Å²) >= 11 is 0. The molecular weight excluding hydrogens is 425 g/mol. The number of carboxylic acids is 1. The Morgan fingerprint density at radius 1 is 1.22 bits per heavy atom. The van der Waals surface area contributed by atoms with Crippen LogP contribution in [0, 0.1) is 12.8 Å². The number of amides is 1. The van der Waals surface area contributed by atoms with Crippen LogP contribution in [0.25, 0.3) is 0 Å². The van der Waals surface area contributed by atoms with Gasteiger partial charge in [-0.2, -0.15) is 13.2 Å². The molecule has 1 N–H and O–H groups in total. The first-order valence-electron chi connectivity index (χ1n) is 10.2. The summed E-state index contributed by atoms with van der Waals surface area (Å²) in [7, 11) is 1.78. The van der Waals surface area contributed by atoms with Crippen molar-refractivity contribution in [3.63, 3.8) is 0 Å². The summed E-state index contributed by atoms with van der Waals surface area (Å²) in [6.07, 6.45) is -0.941. The summed E-state index contributed by atoms with van der Waals surface area (Å²) in [5, 5.41) is 7.12. The van der Waals surface area contributed by atoms with Crippen molar-refractivity contribution >= 4 is 11.9 Å². The number of methoxy groups -OCH3 is 1. The van der Waals surface area contributed by atoms with E-state index < -0.39 is 12.1 Å². The number of aryl methyl sites for hydroxylation is 1. The summed E-state index contributed by atoms with van der Waals surface area (Å²) in [5.41, 5.74) is 3.41. The molecule has 1 saturated heterocycles. The minimum Gasteiger partial charge on any atom is -0.475 e. The number of halogens is 3. The number of carbonyl (C=O) groups is 2. The maximum Gasteiger partial charge on any atom is 0.490 e. The third kappa shape index (κ3) is 7.96. The molecule has 2 aromatic rings. The van der Waals surface area contributed by atoms with Gasteiger partial charge in [0.1, 0.15) is 0 Å². The molecule has 2 heterocycles. The van der Waals surface area contributed by atoms with Crippen molar-refractivity contribution in [1.82, 2.24) is 9.88 Å². The molecule has 32 heavy (non-hydrogen) atoms. The van der Waals surface area contributed by atoms with Gasteiger partial charge in [0.05, 0.1) is 12.5 Å². The van der Waals surface area contributed by atoms with E-state index >= 15 is 0 Å². The Balaban J connectivity index is 0.000000451. The van der Waals surface area contributed by atoms with Crippen molar-refractivity contribution in [3.8, 4) is 0 Å². The number of aromatic nitrogens is 1. The van der Waals surface area contributed by atoms with Gasteiger partial charge in [-0.15, -0.1) is 0 Å². The van der Waals surface area contributed by atoms with Gasteiger partial charge in [0, 0.05) is 38.0 Å². The SMILES string of the molecule is CO[C@@H]1CCN(C(=O)Cc2ccccn2)C[C@@H]1Cc1cccc(C)c1.O=C(O)C(F)(F)F. The molecule has 1 amide bonds. The molecule has 174 valence electrons. The zero-order chi connectivity index (χ0) is 23.7. The molecule has 0 spiro atoms. The minimum absolute atomic E-state index is 0.155. The highest BCUT2D eigenvalue weighted by atomic mass is 19.4. The Hall–Kier alpha value is -2.94. The van der Waals surface area contributed by atoms with Crippen molar-refractivity contribution in [2.24, 2.45) is 5.92 Å². The maximum atomic E-state index is 12.7. The van der Waals surface area contributed by atoms with Crippen molar-refractivity contribution in [1.29, 1.82) is 0 Å². The fourth-order valence-electron chi connectivity index (χ4n) is 3.65. The predicted octanol–water partition coefficient (Wildman–Crippen LogP) is 3.67. The van der Waals surface area contributed by atoms with Gasteiger partial charge in [-0.25, -0.2) is 4.79 Å². The molecule has 0 unspecified atom stereocenters. The van der Waals surface area contributed by atoms with E-state index in [1.165, 1.54) is 11.1 Å². The number of nitrogens with zero attached hydrogens (tertiary/aromatic N) is 2. The number of rotatable bonds is 5. The lowest BCUT2D eigenvalue weighted by atomic mass is 9.88. The van der Waals surface area contributed by atoms with E-state index in [0.29, 0.717) is 12.3 Å². The summed E-state index contributed by atoms with van der Waals surface area (Å²) in [6, 6.07) is 14.3. The number of carboxylic acid groups (broad SMARTS) is 1. The van der Waals surface area contributed by atoms with Crippen LogP contribution < -0.4 is 0 Å². The van der Waals surface area contributed by atoms with Gasteiger partial charge < -0.3 is 14.7 Å². The Labute approximate surface area is 185 Å². The van der Waals surface area contributed by atoms with Crippen LogP contribution in [0.3, 0.4) is 0 Å². The second-order valence-electron chi connectivity index (χ2n) is 7.66. The van der Waals surface area contributed by atoms with Crippen LogP contribution in [0.5, 0.6) is 0 Å². The number of ether oxygens (including phenoxy) is 1. The quantitative estimate of drug-likeness (QED) is 0.749. The molecule has 9 heteroatoms. The van der Waals surface area contributed by atoms with Gasteiger partial charge in [0.15, 0.2) is 0 Å². The lowest BCUT2D eigenvalue weighted by Gasteiger charge is -2.38. The molecule has 6 nitrogen and oxygen atoms in total. The molecule has 1 fully saturated rings. The molecule has 1 aliphatic rings. The summed E-state index contributed by atoms with van der Waals surface area (Å²) < 4.78 is 37.4.